The van der Waals surface area contributed by atoms with Crippen LogP contribution in [0.5, 0.6) is 0 Å². The maximum atomic E-state index is 12.1. The maximum Gasteiger partial charge on any atom is 0.253 e. The molecule has 6 heteroatoms. The monoisotopic (exact) mass is 316 g/mol. The van der Waals surface area contributed by atoms with Crippen LogP contribution in [0.15, 0.2) is 23.7 Å². The highest BCUT2D eigenvalue weighted by atomic mass is 32.1. The fraction of sp³-hybridized carbons (Fsp3) is 0.438. The average molecular weight is 316 g/mol. The zero-order valence-electron chi connectivity index (χ0n) is 12.7. The predicted molar refractivity (Wildman–Crippen MR) is 88.3 cm³/mol. The van der Waals surface area contributed by atoms with Gasteiger partial charge in [0, 0.05) is 24.7 Å². The fourth-order valence-corrected chi connectivity index (χ4v) is 3.26. The van der Waals surface area contributed by atoms with Gasteiger partial charge in [-0.05, 0) is 31.4 Å². The molecule has 1 N–H and O–H groups in total. The van der Waals surface area contributed by atoms with Crippen molar-refractivity contribution in [2.45, 2.75) is 32.7 Å². The lowest BCUT2D eigenvalue weighted by Gasteiger charge is -2.16. The summed E-state index contributed by atoms with van der Waals surface area (Å²) in [5, 5.41) is 5.99. The largest absolute Gasteiger partial charge is 0.357 e. The summed E-state index contributed by atoms with van der Waals surface area (Å²) in [7, 11) is 0. The zero-order valence-corrected chi connectivity index (χ0v) is 13.5. The number of carbonyl (C=O) groups is 1. The highest BCUT2D eigenvalue weighted by Gasteiger charge is 2.14. The fourth-order valence-electron chi connectivity index (χ4n) is 2.52. The molecule has 0 aliphatic carbocycles. The van der Waals surface area contributed by atoms with Gasteiger partial charge in [-0.15, -0.1) is 11.3 Å². The van der Waals surface area contributed by atoms with E-state index < -0.39 is 0 Å². The number of hydrogen-bond donors (Lipinski definition) is 1. The molecule has 116 valence electrons. The van der Waals surface area contributed by atoms with Crippen molar-refractivity contribution in [3.05, 3.63) is 40.0 Å². The van der Waals surface area contributed by atoms with E-state index in [1.807, 2.05) is 17.5 Å². The SMILES string of the molecule is CCc1nc(CNC(=O)c2ccc(N3CCCC3)nc2)cs1. The van der Waals surface area contributed by atoms with Gasteiger partial charge in [-0.1, -0.05) is 6.92 Å². The van der Waals surface area contributed by atoms with Gasteiger partial charge in [0.2, 0.25) is 0 Å². The van der Waals surface area contributed by atoms with Crippen LogP contribution in [0.2, 0.25) is 0 Å². The van der Waals surface area contributed by atoms with Crippen molar-refractivity contribution in [3.8, 4) is 0 Å². The van der Waals surface area contributed by atoms with E-state index in [2.05, 4.69) is 27.1 Å². The predicted octanol–water partition coefficient (Wildman–Crippen LogP) is 2.63. The number of hydrogen-bond acceptors (Lipinski definition) is 5. The van der Waals surface area contributed by atoms with E-state index in [1.165, 1.54) is 12.8 Å². The summed E-state index contributed by atoms with van der Waals surface area (Å²) in [6.45, 7) is 4.66. The van der Waals surface area contributed by atoms with Gasteiger partial charge in [0.15, 0.2) is 0 Å². The molecule has 2 aromatic rings. The Labute approximate surface area is 134 Å². The Kier molecular flexibility index (Phi) is 4.68. The summed E-state index contributed by atoms with van der Waals surface area (Å²) in [4.78, 5) is 23.2. The Hall–Kier alpha value is -1.95. The van der Waals surface area contributed by atoms with Crippen molar-refractivity contribution < 1.29 is 4.79 Å². The van der Waals surface area contributed by atoms with Crippen LogP contribution in [0.25, 0.3) is 0 Å². The Balaban J connectivity index is 1.57. The van der Waals surface area contributed by atoms with Crippen molar-refractivity contribution in [1.29, 1.82) is 0 Å². The smallest absolute Gasteiger partial charge is 0.253 e. The Morgan fingerprint density at radius 1 is 1.36 bits per heavy atom. The summed E-state index contributed by atoms with van der Waals surface area (Å²) in [6, 6.07) is 3.77. The molecule has 0 radical (unpaired) electrons. The van der Waals surface area contributed by atoms with Gasteiger partial charge in [-0.2, -0.15) is 0 Å². The van der Waals surface area contributed by atoms with Crippen LogP contribution in [0.3, 0.4) is 0 Å². The Bertz CT molecular complexity index is 632. The van der Waals surface area contributed by atoms with E-state index in [0.29, 0.717) is 12.1 Å². The molecule has 1 aliphatic heterocycles. The van der Waals surface area contributed by atoms with E-state index in [9.17, 15) is 4.79 Å². The molecule has 1 amide bonds. The van der Waals surface area contributed by atoms with Gasteiger partial charge >= 0.3 is 0 Å². The first-order valence-electron chi connectivity index (χ1n) is 7.68. The quantitative estimate of drug-likeness (QED) is 0.921. The van der Waals surface area contributed by atoms with Crippen molar-refractivity contribution in [1.82, 2.24) is 15.3 Å². The van der Waals surface area contributed by atoms with E-state index in [0.717, 1.165) is 36.0 Å². The number of thiazole rings is 1. The van der Waals surface area contributed by atoms with Crippen LogP contribution < -0.4 is 10.2 Å². The van der Waals surface area contributed by atoms with Gasteiger partial charge in [0.1, 0.15) is 5.82 Å². The van der Waals surface area contributed by atoms with E-state index in [-0.39, 0.29) is 5.91 Å². The average Bonchev–Trinajstić information content (AvgIpc) is 3.24. The third-order valence-electron chi connectivity index (χ3n) is 3.77. The third kappa shape index (κ3) is 3.44. The maximum absolute atomic E-state index is 12.1. The normalized spacial score (nSPS) is 14.3. The topological polar surface area (TPSA) is 58.1 Å². The first-order chi connectivity index (χ1) is 10.8. The summed E-state index contributed by atoms with van der Waals surface area (Å²) in [5.74, 6) is 0.854. The first-order valence-corrected chi connectivity index (χ1v) is 8.56. The van der Waals surface area contributed by atoms with Crippen molar-refractivity contribution in [3.63, 3.8) is 0 Å². The van der Waals surface area contributed by atoms with Crippen LogP contribution >= 0.6 is 11.3 Å². The number of carbonyl (C=O) groups excluding carboxylic acids is 1. The molecule has 0 aromatic carbocycles. The minimum atomic E-state index is -0.105. The second kappa shape index (κ2) is 6.87. The third-order valence-corrected chi connectivity index (χ3v) is 4.81. The Morgan fingerprint density at radius 2 is 2.18 bits per heavy atom. The van der Waals surface area contributed by atoms with Crippen LogP contribution in [0.1, 0.15) is 40.8 Å². The molecule has 0 atom stereocenters. The van der Waals surface area contributed by atoms with E-state index in [4.69, 9.17) is 0 Å². The summed E-state index contributed by atoms with van der Waals surface area (Å²) < 4.78 is 0. The molecule has 0 bridgehead atoms. The minimum Gasteiger partial charge on any atom is -0.357 e. The van der Waals surface area contributed by atoms with Crippen LogP contribution in [0, 0.1) is 0 Å². The number of rotatable bonds is 5. The molecule has 1 saturated heterocycles. The molecule has 0 saturated carbocycles. The van der Waals surface area contributed by atoms with Crippen LogP contribution in [-0.4, -0.2) is 29.0 Å². The van der Waals surface area contributed by atoms with Crippen LogP contribution in [0.4, 0.5) is 5.82 Å². The number of pyridine rings is 1. The van der Waals surface area contributed by atoms with Crippen molar-refractivity contribution in [2.24, 2.45) is 0 Å². The summed E-state index contributed by atoms with van der Waals surface area (Å²) in [5.41, 5.74) is 1.51. The molecule has 0 spiro atoms. The van der Waals surface area contributed by atoms with Gasteiger partial charge in [-0.3, -0.25) is 4.79 Å². The highest BCUT2D eigenvalue weighted by Crippen LogP contribution is 2.17. The molecule has 3 heterocycles. The number of amides is 1. The van der Waals surface area contributed by atoms with Crippen LogP contribution in [-0.2, 0) is 13.0 Å². The highest BCUT2D eigenvalue weighted by molar-refractivity contribution is 7.09. The number of anilines is 1. The molecule has 0 unspecified atom stereocenters. The van der Waals surface area contributed by atoms with Gasteiger partial charge in [0.05, 0.1) is 22.8 Å². The van der Waals surface area contributed by atoms with E-state index in [1.54, 1.807) is 17.5 Å². The second-order valence-corrected chi connectivity index (χ2v) is 6.31. The lowest BCUT2D eigenvalue weighted by Crippen LogP contribution is -2.24. The molecule has 22 heavy (non-hydrogen) atoms. The van der Waals surface area contributed by atoms with Gasteiger partial charge in [0.25, 0.3) is 5.91 Å². The first kappa shape index (κ1) is 15.0. The van der Waals surface area contributed by atoms with Gasteiger partial charge < -0.3 is 10.2 Å². The summed E-state index contributed by atoms with van der Waals surface area (Å²) >= 11 is 1.63. The molecule has 5 nitrogen and oxygen atoms in total. The van der Waals surface area contributed by atoms with Gasteiger partial charge in [-0.25, -0.2) is 9.97 Å². The van der Waals surface area contributed by atoms with Crippen molar-refractivity contribution in [2.75, 3.05) is 18.0 Å². The molecular weight excluding hydrogens is 296 g/mol. The molecule has 1 aliphatic rings. The second-order valence-electron chi connectivity index (χ2n) is 5.37. The standard InChI is InChI=1S/C16H20N4OS/c1-2-15-19-13(11-22-15)10-18-16(21)12-5-6-14(17-9-12)20-7-3-4-8-20/h5-6,9,11H,2-4,7-8,10H2,1H3,(H,18,21). The zero-order chi connectivity index (χ0) is 15.4. The number of nitrogens with zero attached hydrogens (tertiary/aromatic N) is 3. The lowest BCUT2D eigenvalue weighted by atomic mass is 10.2. The lowest BCUT2D eigenvalue weighted by molar-refractivity contribution is 0.0950. The summed E-state index contributed by atoms with van der Waals surface area (Å²) in [6.07, 6.45) is 5.02. The molecule has 1 fully saturated rings. The van der Waals surface area contributed by atoms with Crippen molar-refractivity contribution >= 4 is 23.1 Å². The van der Waals surface area contributed by atoms with E-state index >= 15 is 0 Å². The number of aryl methyl sites for hydroxylation is 1. The molecular formula is C16H20N4OS. The Morgan fingerprint density at radius 3 is 2.82 bits per heavy atom. The molecule has 2 aromatic heterocycles. The number of aromatic nitrogens is 2. The number of nitrogens with one attached hydrogen (secondary N) is 1. The molecule has 3 rings (SSSR count). The minimum absolute atomic E-state index is 0.105.